The highest BCUT2D eigenvalue weighted by atomic mass is 32.2. The summed E-state index contributed by atoms with van der Waals surface area (Å²) in [6, 6.07) is 23.6. The first-order valence-electron chi connectivity index (χ1n) is 11.9. The molecule has 1 aliphatic carbocycles. The molecule has 1 heterocycles. The second-order valence-electron chi connectivity index (χ2n) is 8.85. The third kappa shape index (κ3) is 5.50. The van der Waals surface area contributed by atoms with Crippen molar-refractivity contribution in [2.24, 2.45) is 10.9 Å². The molecule has 0 saturated heterocycles. The molecule has 2 aromatic carbocycles. The van der Waals surface area contributed by atoms with Crippen molar-refractivity contribution in [1.82, 2.24) is 4.98 Å². The summed E-state index contributed by atoms with van der Waals surface area (Å²) in [6.07, 6.45) is 11.1. The van der Waals surface area contributed by atoms with Gasteiger partial charge in [0.05, 0.1) is 12.2 Å². The van der Waals surface area contributed by atoms with Gasteiger partial charge in [-0.3, -0.25) is 9.98 Å². The van der Waals surface area contributed by atoms with Gasteiger partial charge in [0.1, 0.15) is 5.75 Å². The van der Waals surface area contributed by atoms with Crippen molar-refractivity contribution < 1.29 is 4.74 Å². The summed E-state index contributed by atoms with van der Waals surface area (Å²) in [4.78, 5) is 9.48. The first-order chi connectivity index (χ1) is 16.3. The molecule has 2 atom stereocenters. The van der Waals surface area contributed by atoms with Gasteiger partial charge in [0.15, 0.2) is 0 Å². The molecule has 0 bridgehead atoms. The summed E-state index contributed by atoms with van der Waals surface area (Å²) in [6.45, 7) is 0. The zero-order chi connectivity index (χ0) is 22.9. The lowest BCUT2D eigenvalue weighted by molar-refractivity contribution is 0.241. The minimum Gasteiger partial charge on any atom is -0.497 e. The van der Waals surface area contributed by atoms with Gasteiger partial charge in [0.25, 0.3) is 0 Å². The molecule has 1 aliphatic rings. The van der Waals surface area contributed by atoms with Crippen LogP contribution in [-0.4, -0.2) is 24.2 Å². The van der Waals surface area contributed by atoms with Crippen LogP contribution >= 0.6 is 11.8 Å². The number of aliphatic imine (C=N–C) groups is 1. The summed E-state index contributed by atoms with van der Waals surface area (Å²) in [5.74, 6) is 2.36. The standard InChI is InChI=1S/C29H34N2OS/c1-30-28(33-22-24-14-17-27(32-2)18-15-24)29(26-12-8-20-31-21-26)19-7-6-11-25(29)16-13-23-9-4-3-5-10-23/h3-5,8-10,12,14-15,17-18,20-21,25H,6-7,11,13,16,19,22H2,1-2H3/t25-,29+/m1/s1. The van der Waals surface area contributed by atoms with Crippen molar-refractivity contribution in [2.45, 2.75) is 49.7 Å². The Morgan fingerprint density at radius 2 is 1.85 bits per heavy atom. The first kappa shape index (κ1) is 23.6. The lowest BCUT2D eigenvalue weighted by atomic mass is 9.61. The molecule has 0 amide bonds. The van der Waals surface area contributed by atoms with E-state index in [0.29, 0.717) is 5.92 Å². The molecule has 33 heavy (non-hydrogen) atoms. The van der Waals surface area contributed by atoms with Gasteiger partial charge in [0.2, 0.25) is 0 Å². The second kappa shape index (κ2) is 11.5. The van der Waals surface area contributed by atoms with Crippen molar-refractivity contribution in [3.63, 3.8) is 0 Å². The number of methoxy groups -OCH3 is 1. The molecule has 0 N–H and O–H groups in total. The molecule has 1 fully saturated rings. The van der Waals surface area contributed by atoms with Gasteiger partial charge in [-0.05, 0) is 66.5 Å². The topological polar surface area (TPSA) is 34.5 Å². The fraction of sp³-hybridized carbons (Fsp3) is 0.379. The normalized spacial score (nSPS) is 21.0. The molecule has 4 rings (SSSR count). The van der Waals surface area contributed by atoms with E-state index in [2.05, 4.69) is 65.8 Å². The maximum Gasteiger partial charge on any atom is 0.118 e. The molecule has 0 unspecified atom stereocenters. The van der Waals surface area contributed by atoms with Crippen LogP contribution in [0.4, 0.5) is 0 Å². The van der Waals surface area contributed by atoms with Crippen molar-refractivity contribution in [2.75, 3.05) is 14.2 Å². The zero-order valence-electron chi connectivity index (χ0n) is 19.7. The highest BCUT2D eigenvalue weighted by Gasteiger charge is 2.46. The van der Waals surface area contributed by atoms with E-state index < -0.39 is 0 Å². The molecular formula is C29H34N2OS. The van der Waals surface area contributed by atoms with Crippen LogP contribution in [0.5, 0.6) is 5.75 Å². The highest BCUT2D eigenvalue weighted by Crippen LogP contribution is 2.49. The maximum absolute atomic E-state index is 5.32. The molecule has 3 nitrogen and oxygen atoms in total. The Bertz CT molecular complexity index is 1020. The van der Waals surface area contributed by atoms with Crippen LogP contribution < -0.4 is 4.74 Å². The molecule has 3 aromatic rings. The number of aromatic nitrogens is 1. The minimum absolute atomic E-state index is 0.0623. The van der Waals surface area contributed by atoms with Gasteiger partial charge in [0, 0.05) is 30.6 Å². The average molecular weight is 459 g/mol. The van der Waals surface area contributed by atoms with E-state index >= 15 is 0 Å². The number of pyridine rings is 1. The molecule has 0 spiro atoms. The fourth-order valence-corrected chi connectivity index (χ4v) is 6.57. The number of aryl methyl sites for hydroxylation is 1. The minimum atomic E-state index is -0.0623. The Balaban J connectivity index is 1.62. The van der Waals surface area contributed by atoms with Gasteiger partial charge in [-0.15, -0.1) is 11.8 Å². The number of rotatable bonds is 8. The van der Waals surface area contributed by atoms with Crippen LogP contribution in [0.15, 0.2) is 84.1 Å². The van der Waals surface area contributed by atoms with E-state index in [4.69, 9.17) is 9.73 Å². The molecule has 0 radical (unpaired) electrons. The molecule has 1 saturated carbocycles. The maximum atomic E-state index is 5.32. The van der Waals surface area contributed by atoms with E-state index in [-0.39, 0.29) is 5.41 Å². The summed E-state index contributed by atoms with van der Waals surface area (Å²) in [5, 5.41) is 1.25. The van der Waals surface area contributed by atoms with E-state index in [1.54, 1.807) is 7.11 Å². The predicted octanol–water partition coefficient (Wildman–Crippen LogP) is 7.11. The molecule has 172 valence electrons. The Morgan fingerprint density at radius 1 is 1.03 bits per heavy atom. The van der Waals surface area contributed by atoms with E-state index in [9.17, 15) is 0 Å². The Hall–Kier alpha value is -2.59. The van der Waals surface area contributed by atoms with Gasteiger partial charge in [-0.25, -0.2) is 0 Å². The average Bonchev–Trinajstić information content (AvgIpc) is 2.89. The smallest absolute Gasteiger partial charge is 0.118 e. The Kier molecular flexibility index (Phi) is 8.22. The summed E-state index contributed by atoms with van der Waals surface area (Å²) in [5.41, 5.74) is 3.97. The first-order valence-corrected chi connectivity index (χ1v) is 12.9. The number of thioether (sulfide) groups is 1. The summed E-state index contributed by atoms with van der Waals surface area (Å²) in [7, 11) is 3.68. The van der Waals surface area contributed by atoms with Crippen LogP contribution in [-0.2, 0) is 17.6 Å². The molecular weight excluding hydrogens is 424 g/mol. The van der Waals surface area contributed by atoms with Gasteiger partial charge >= 0.3 is 0 Å². The zero-order valence-corrected chi connectivity index (χ0v) is 20.6. The number of hydrogen-bond acceptors (Lipinski definition) is 4. The number of benzene rings is 2. The summed E-state index contributed by atoms with van der Waals surface area (Å²) >= 11 is 1.90. The van der Waals surface area contributed by atoms with Crippen molar-refractivity contribution >= 4 is 16.8 Å². The van der Waals surface area contributed by atoms with Crippen LogP contribution in [0.2, 0.25) is 0 Å². The van der Waals surface area contributed by atoms with Crippen molar-refractivity contribution in [3.05, 3.63) is 95.8 Å². The largest absolute Gasteiger partial charge is 0.497 e. The van der Waals surface area contributed by atoms with Gasteiger partial charge in [-0.1, -0.05) is 61.4 Å². The second-order valence-corrected chi connectivity index (χ2v) is 9.81. The third-order valence-electron chi connectivity index (χ3n) is 6.99. The van der Waals surface area contributed by atoms with Crippen LogP contribution in [0.25, 0.3) is 0 Å². The predicted molar refractivity (Wildman–Crippen MR) is 140 cm³/mol. The van der Waals surface area contributed by atoms with Crippen molar-refractivity contribution in [1.29, 1.82) is 0 Å². The number of nitrogens with zero attached hydrogens (tertiary/aromatic N) is 2. The highest BCUT2D eigenvalue weighted by molar-refractivity contribution is 8.13. The van der Waals surface area contributed by atoms with Crippen LogP contribution in [0.3, 0.4) is 0 Å². The van der Waals surface area contributed by atoms with E-state index in [1.165, 1.54) is 47.4 Å². The number of hydrogen-bond donors (Lipinski definition) is 0. The SMILES string of the molecule is CN=C(SCc1ccc(OC)cc1)[C@@]1(c2cccnc2)CCCC[C@@H]1CCc1ccccc1. The van der Waals surface area contributed by atoms with Gasteiger partial charge in [-0.2, -0.15) is 0 Å². The Labute approximate surface area is 202 Å². The summed E-state index contributed by atoms with van der Waals surface area (Å²) < 4.78 is 5.32. The Morgan fingerprint density at radius 3 is 2.55 bits per heavy atom. The van der Waals surface area contributed by atoms with Crippen molar-refractivity contribution in [3.8, 4) is 5.75 Å². The quantitative estimate of drug-likeness (QED) is 0.266. The number of ether oxygens (including phenoxy) is 1. The molecule has 1 aromatic heterocycles. The van der Waals surface area contributed by atoms with Gasteiger partial charge < -0.3 is 4.74 Å². The fourth-order valence-electron chi connectivity index (χ4n) is 5.30. The molecule has 0 aliphatic heterocycles. The van der Waals surface area contributed by atoms with E-state index in [0.717, 1.165) is 24.3 Å². The molecule has 4 heteroatoms. The third-order valence-corrected chi connectivity index (χ3v) is 8.29. The monoisotopic (exact) mass is 458 g/mol. The van der Waals surface area contributed by atoms with Crippen LogP contribution in [0, 0.1) is 5.92 Å². The van der Waals surface area contributed by atoms with E-state index in [1.807, 2.05) is 37.1 Å². The van der Waals surface area contributed by atoms with Crippen LogP contribution in [0.1, 0.15) is 48.8 Å². The lowest BCUT2D eigenvalue weighted by Gasteiger charge is -2.45. The lowest BCUT2D eigenvalue weighted by Crippen LogP contribution is -2.44.